The van der Waals surface area contributed by atoms with Crippen molar-refractivity contribution in [3.05, 3.63) is 65.2 Å². The van der Waals surface area contributed by atoms with Crippen LogP contribution in [0.1, 0.15) is 54.6 Å². The maximum absolute atomic E-state index is 12.7. The van der Waals surface area contributed by atoms with Crippen molar-refractivity contribution >= 4 is 11.8 Å². The van der Waals surface area contributed by atoms with Crippen molar-refractivity contribution in [1.82, 2.24) is 15.1 Å². The Morgan fingerprint density at radius 3 is 2.31 bits per heavy atom. The molecule has 0 aliphatic carbocycles. The molecular weight excluding hydrogens is 442 g/mol. The first kappa shape index (κ1) is 25.2. The average molecular weight is 480 g/mol. The Hall–Kier alpha value is -2.90. The summed E-state index contributed by atoms with van der Waals surface area (Å²) in [6, 6.07) is 15.7. The highest BCUT2D eigenvalue weighted by atomic mass is 16.5. The number of likely N-dealkylation sites (tertiary alicyclic amines) is 1. The number of carbonyl (C=O) groups excluding carboxylic acids is 2. The first-order chi connectivity index (χ1) is 17.0. The lowest BCUT2D eigenvalue weighted by atomic mass is 9.97. The molecule has 1 N–H and O–H groups in total. The molecule has 2 saturated heterocycles. The third-order valence-corrected chi connectivity index (χ3v) is 7.02. The fraction of sp³-hybridized carbons (Fsp3) is 0.500. The Bertz CT molecular complexity index is 978. The summed E-state index contributed by atoms with van der Waals surface area (Å²) in [6.07, 6.45) is 3.24. The Labute approximate surface area is 208 Å². The van der Waals surface area contributed by atoms with Gasteiger partial charge in [0.1, 0.15) is 5.75 Å². The van der Waals surface area contributed by atoms with E-state index < -0.39 is 0 Å². The van der Waals surface area contributed by atoms with Crippen molar-refractivity contribution in [1.29, 1.82) is 0 Å². The lowest BCUT2D eigenvalue weighted by molar-refractivity contribution is -0.139. The molecule has 2 aromatic carbocycles. The molecule has 2 fully saturated rings. The molecule has 0 saturated carbocycles. The van der Waals surface area contributed by atoms with Gasteiger partial charge in [-0.2, -0.15) is 0 Å². The van der Waals surface area contributed by atoms with Gasteiger partial charge in [0, 0.05) is 43.8 Å². The number of rotatable bonds is 8. The highest BCUT2D eigenvalue weighted by Crippen LogP contribution is 2.23. The Morgan fingerprint density at radius 2 is 1.63 bits per heavy atom. The highest BCUT2D eigenvalue weighted by molar-refractivity contribution is 5.94. The minimum absolute atomic E-state index is 0.0140. The van der Waals surface area contributed by atoms with E-state index in [1.165, 1.54) is 5.56 Å². The monoisotopic (exact) mass is 479 g/mol. The number of ether oxygens (including phenoxy) is 2. The van der Waals surface area contributed by atoms with Crippen LogP contribution in [0.4, 0.5) is 0 Å². The summed E-state index contributed by atoms with van der Waals surface area (Å²) in [6.45, 7) is 8.93. The van der Waals surface area contributed by atoms with Crippen LogP contribution in [-0.4, -0.2) is 66.6 Å². The molecule has 2 amide bonds. The number of hydrogen-bond acceptors (Lipinski definition) is 5. The average Bonchev–Trinajstić information content (AvgIpc) is 2.87. The zero-order chi connectivity index (χ0) is 24.6. The molecule has 0 unspecified atom stereocenters. The van der Waals surface area contributed by atoms with Crippen LogP contribution >= 0.6 is 0 Å². The minimum Gasteiger partial charge on any atom is -0.484 e. The van der Waals surface area contributed by atoms with Crippen molar-refractivity contribution in [2.45, 2.75) is 58.3 Å². The van der Waals surface area contributed by atoms with Gasteiger partial charge in [0.2, 0.25) is 0 Å². The third kappa shape index (κ3) is 6.83. The normalized spacial score (nSPS) is 20.9. The number of nitrogens with one attached hydrogen (secondary N) is 1. The van der Waals surface area contributed by atoms with Crippen LogP contribution in [0.5, 0.6) is 5.75 Å². The zero-order valence-electron chi connectivity index (χ0n) is 20.9. The van der Waals surface area contributed by atoms with E-state index >= 15 is 0 Å². The van der Waals surface area contributed by atoms with E-state index in [0.29, 0.717) is 17.9 Å². The van der Waals surface area contributed by atoms with Crippen molar-refractivity contribution in [3.8, 4) is 5.75 Å². The molecule has 0 bridgehead atoms. The largest absolute Gasteiger partial charge is 0.484 e. The van der Waals surface area contributed by atoms with E-state index in [1.807, 2.05) is 17.0 Å². The topological polar surface area (TPSA) is 71.1 Å². The van der Waals surface area contributed by atoms with E-state index in [9.17, 15) is 9.59 Å². The van der Waals surface area contributed by atoms with Gasteiger partial charge in [-0.1, -0.05) is 24.3 Å². The first-order valence-corrected chi connectivity index (χ1v) is 12.7. The molecule has 2 aliphatic heterocycles. The van der Waals surface area contributed by atoms with Crippen LogP contribution < -0.4 is 10.1 Å². The van der Waals surface area contributed by atoms with Crippen molar-refractivity contribution in [3.63, 3.8) is 0 Å². The molecule has 2 heterocycles. The molecular formula is C28H37N3O4. The summed E-state index contributed by atoms with van der Waals surface area (Å²) < 4.78 is 11.2. The molecule has 2 aliphatic rings. The highest BCUT2D eigenvalue weighted by Gasteiger charge is 2.29. The molecule has 0 radical (unpaired) electrons. The molecule has 7 heteroatoms. The lowest BCUT2D eigenvalue weighted by Gasteiger charge is -2.38. The number of carbonyl (C=O) groups is 2. The van der Waals surface area contributed by atoms with Gasteiger partial charge < -0.3 is 19.7 Å². The molecule has 2 aromatic rings. The van der Waals surface area contributed by atoms with Gasteiger partial charge >= 0.3 is 0 Å². The van der Waals surface area contributed by atoms with Crippen LogP contribution in [0.15, 0.2) is 48.5 Å². The van der Waals surface area contributed by atoms with E-state index in [0.717, 1.165) is 57.7 Å². The SMILES string of the molecule is C[C@@H]1CCC[C@H](C)N1C(=O)COc1ccc(C(=O)NCc2ccccc2CN2CCOCC2)cc1. The molecule has 0 aromatic heterocycles. The second kappa shape index (κ2) is 12.2. The second-order valence-corrected chi connectivity index (χ2v) is 9.58. The molecule has 2 atom stereocenters. The van der Waals surface area contributed by atoms with Crippen molar-refractivity contribution in [2.24, 2.45) is 0 Å². The number of morpholine rings is 1. The fourth-order valence-electron chi connectivity index (χ4n) is 5.00. The van der Waals surface area contributed by atoms with Gasteiger partial charge in [-0.25, -0.2) is 0 Å². The van der Waals surface area contributed by atoms with Gasteiger partial charge in [0.25, 0.3) is 11.8 Å². The fourth-order valence-corrected chi connectivity index (χ4v) is 5.00. The summed E-state index contributed by atoms with van der Waals surface area (Å²) >= 11 is 0. The van der Waals surface area contributed by atoms with Crippen LogP contribution in [0.2, 0.25) is 0 Å². The van der Waals surface area contributed by atoms with E-state index in [2.05, 4.69) is 36.2 Å². The maximum Gasteiger partial charge on any atom is 0.260 e. The van der Waals surface area contributed by atoms with Gasteiger partial charge in [0.15, 0.2) is 6.61 Å². The van der Waals surface area contributed by atoms with Gasteiger partial charge in [0.05, 0.1) is 13.2 Å². The van der Waals surface area contributed by atoms with Crippen LogP contribution in [-0.2, 0) is 22.6 Å². The van der Waals surface area contributed by atoms with Crippen LogP contribution in [0, 0.1) is 0 Å². The van der Waals surface area contributed by atoms with Gasteiger partial charge in [-0.05, 0) is 68.5 Å². The van der Waals surface area contributed by atoms with Crippen molar-refractivity contribution in [2.75, 3.05) is 32.9 Å². The predicted octanol–water partition coefficient (Wildman–Crippen LogP) is 3.62. The first-order valence-electron chi connectivity index (χ1n) is 12.7. The summed E-state index contributed by atoms with van der Waals surface area (Å²) in [4.78, 5) is 29.7. The Morgan fingerprint density at radius 1 is 0.971 bits per heavy atom. The summed E-state index contributed by atoms with van der Waals surface area (Å²) in [5.41, 5.74) is 2.90. The number of benzene rings is 2. The Kier molecular flexibility index (Phi) is 8.77. The number of hydrogen-bond donors (Lipinski definition) is 1. The molecule has 4 rings (SSSR count). The summed E-state index contributed by atoms with van der Waals surface area (Å²) in [5.74, 6) is 0.468. The zero-order valence-corrected chi connectivity index (χ0v) is 20.9. The van der Waals surface area contributed by atoms with E-state index in [1.54, 1.807) is 24.3 Å². The smallest absolute Gasteiger partial charge is 0.260 e. The number of nitrogens with zero attached hydrogens (tertiary/aromatic N) is 2. The van der Waals surface area contributed by atoms with E-state index in [-0.39, 0.29) is 30.5 Å². The number of amides is 2. The number of piperidine rings is 1. The standard InChI is InChI=1S/C28H37N3O4/c1-21-6-5-7-22(2)31(21)27(32)20-35-26-12-10-23(11-13-26)28(33)29-18-24-8-3-4-9-25(24)19-30-14-16-34-17-15-30/h3-4,8-13,21-22H,5-7,14-20H2,1-2H3,(H,29,33)/t21-,22+. The predicted molar refractivity (Wildman–Crippen MR) is 135 cm³/mol. The minimum atomic E-state index is -0.134. The molecule has 35 heavy (non-hydrogen) atoms. The lowest BCUT2D eigenvalue weighted by Crippen LogP contribution is -2.49. The molecule has 0 spiro atoms. The third-order valence-electron chi connectivity index (χ3n) is 7.02. The maximum atomic E-state index is 12.7. The summed E-state index contributed by atoms with van der Waals surface area (Å²) in [5, 5.41) is 3.03. The van der Waals surface area contributed by atoms with Gasteiger partial charge in [-0.3, -0.25) is 14.5 Å². The molecule has 7 nitrogen and oxygen atoms in total. The summed E-state index contributed by atoms with van der Waals surface area (Å²) in [7, 11) is 0. The second-order valence-electron chi connectivity index (χ2n) is 9.58. The van der Waals surface area contributed by atoms with Crippen molar-refractivity contribution < 1.29 is 19.1 Å². The van der Waals surface area contributed by atoms with Gasteiger partial charge in [-0.15, -0.1) is 0 Å². The van der Waals surface area contributed by atoms with E-state index in [4.69, 9.17) is 9.47 Å². The molecule has 188 valence electrons. The van der Waals surface area contributed by atoms with Crippen LogP contribution in [0.3, 0.4) is 0 Å². The Balaban J connectivity index is 1.27. The quantitative estimate of drug-likeness (QED) is 0.626. The van der Waals surface area contributed by atoms with Crippen LogP contribution in [0.25, 0.3) is 0 Å².